The van der Waals surface area contributed by atoms with Crippen LogP contribution in [-0.4, -0.2) is 11.7 Å². The molecule has 0 aliphatic heterocycles. The third kappa shape index (κ3) is 3.35. The van der Waals surface area contributed by atoms with E-state index in [1.54, 1.807) is 12.1 Å². The van der Waals surface area contributed by atoms with E-state index in [-0.39, 0.29) is 11.6 Å². The summed E-state index contributed by atoms with van der Waals surface area (Å²) < 4.78 is 27.6. The van der Waals surface area contributed by atoms with Gasteiger partial charge in [-0.05, 0) is 29.8 Å². The Labute approximate surface area is 131 Å². The molecule has 0 saturated carbocycles. The van der Waals surface area contributed by atoms with Gasteiger partial charge in [0.15, 0.2) is 0 Å². The van der Waals surface area contributed by atoms with Gasteiger partial charge in [0.05, 0.1) is 11.7 Å². The van der Waals surface area contributed by atoms with E-state index >= 15 is 0 Å². The minimum absolute atomic E-state index is 0.0315. The summed E-state index contributed by atoms with van der Waals surface area (Å²) in [6, 6.07) is 8.05. The lowest BCUT2D eigenvalue weighted by Crippen LogP contribution is -2.22. The largest absolute Gasteiger partial charge is 0.388 e. The number of aliphatic hydroxyl groups excluding tert-OH is 1. The van der Waals surface area contributed by atoms with Crippen LogP contribution in [0.3, 0.4) is 0 Å². The van der Waals surface area contributed by atoms with E-state index in [9.17, 15) is 13.9 Å². The third-order valence-corrected chi connectivity index (χ3v) is 3.85. The summed E-state index contributed by atoms with van der Waals surface area (Å²) in [5.41, 5.74) is 5.72. The Morgan fingerprint density at radius 2 is 1.71 bits per heavy atom. The van der Waals surface area contributed by atoms with Crippen LogP contribution in [0.2, 0.25) is 10.0 Å². The summed E-state index contributed by atoms with van der Waals surface area (Å²) >= 11 is 11.9. The molecule has 0 radical (unpaired) electrons. The minimum atomic E-state index is -1.45. The number of hydrogen-bond donors (Lipinski definition) is 2. The fraction of sp³-hybridized carbons (Fsp3) is 0.200. The van der Waals surface area contributed by atoms with Crippen molar-refractivity contribution in [3.8, 4) is 0 Å². The van der Waals surface area contributed by atoms with Crippen molar-refractivity contribution in [2.75, 3.05) is 6.54 Å². The van der Waals surface area contributed by atoms with Gasteiger partial charge in [-0.15, -0.1) is 0 Å². The van der Waals surface area contributed by atoms with Gasteiger partial charge < -0.3 is 10.8 Å². The molecule has 2 aromatic rings. The maximum Gasteiger partial charge on any atom is 0.131 e. The van der Waals surface area contributed by atoms with Gasteiger partial charge in [0.1, 0.15) is 11.6 Å². The smallest absolute Gasteiger partial charge is 0.131 e. The van der Waals surface area contributed by atoms with E-state index in [1.807, 2.05) is 0 Å². The van der Waals surface area contributed by atoms with Crippen molar-refractivity contribution in [2.24, 2.45) is 5.73 Å². The molecule has 2 aromatic carbocycles. The molecule has 112 valence electrons. The Morgan fingerprint density at radius 3 is 2.24 bits per heavy atom. The van der Waals surface area contributed by atoms with Crippen LogP contribution in [0.1, 0.15) is 23.1 Å². The highest BCUT2D eigenvalue weighted by atomic mass is 35.5. The first-order chi connectivity index (χ1) is 9.95. The topological polar surface area (TPSA) is 46.2 Å². The summed E-state index contributed by atoms with van der Waals surface area (Å²) in [5, 5.41) is 11.0. The Balaban J connectivity index is 2.46. The lowest BCUT2D eigenvalue weighted by molar-refractivity contribution is 0.138. The Morgan fingerprint density at radius 1 is 1.10 bits per heavy atom. The van der Waals surface area contributed by atoms with Gasteiger partial charge in [-0.1, -0.05) is 35.3 Å². The highest BCUT2D eigenvalue weighted by molar-refractivity contribution is 6.35. The van der Waals surface area contributed by atoms with Crippen molar-refractivity contribution < 1.29 is 13.9 Å². The fourth-order valence-corrected chi connectivity index (χ4v) is 2.77. The van der Waals surface area contributed by atoms with E-state index in [2.05, 4.69) is 0 Å². The average molecular weight is 332 g/mol. The van der Waals surface area contributed by atoms with E-state index in [0.29, 0.717) is 10.6 Å². The number of rotatable bonds is 4. The molecule has 0 aromatic heterocycles. The molecule has 0 aliphatic carbocycles. The maximum atomic E-state index is 13.8. The van der Waals surface area contributed by atoms with Gasteiger partial charge in [0.25, 0.3) is 0 Å². The molecule has 2 atom stereocenters. The molecule has 0 bridgehead atoms. The number of hydrogen-bond acceptors (Lipinski definition) is 2. The second-order valence-corrected chi connectivity index (χ2v) is 5.43. The van der Waals surface area contributed by atoms with Gasteiger partial charge in [-0.2, -0.15) is 0 Å². The van der Waals surface area contributed by atoms with Crippen LogP contribution in [0.4, 0.5) is 8.78 Å². The van der Waals surface area contributed by atoms with Crippen LogP contribution in [0.15, 0.2) is 36.4 Å². The van der Waals surface area contributed by atoms with Gasteiger partial charge in [-0.25, -0.2) is 8.78 Å². The highest BCUT2D eigenvalue weighted by Crippen LogP contribution is 2.37. The quantitative estimate of drug-likeness (QED) is 0.887. The predicted octanol–water partition coefficient (Wildman–Crippen LogP) is 4.05. The SMILES string of the molecule is NCC(c1ccc(Cl)cc1Cl)C(O)c1c(F)cccc1F. The molecular weight excluding hydrogens is 319 g/mol. The lowest BCUT2D eigenvalue weighted by atomic mass is 9.88. The monoisotopic (exact) mass is 331 g/mol. The zero-order valence-corrected chi connectivity index (χ0v) is 12.4. The van der Waals surface area contributed by atoms with Gasteiger partial charge in [0, 0.05) is 22.5 Å². The number of halogens is 4. The minimum Gasteiger partial charge on any atom is -0.388 e. The van der Waals surface area contributed by atoms with Crippen LogP contribution < -0.4 is 5.73 Å². The Bertz CT molecular complexity index is 631. The Kier molecular flexibility index (Phi) is 5.17. The number of aliphatic hydroxyl groups is 1. The van der Waals surface area contributed by atoms with Crippen molar-refractivity contribution in [1.82, 2.24) is 0 Å². The summed E-state index contributed by atoms with van der Waals surface area (Å²) in [6.45, 7) is -0.0315. The maximum absolute atomic E-state index is 13.8. The van der Waals surface area contributed by atoms with Crippen molar-refractivity contribution in [3.05, 3.63) is 69.2 Å². The molecule has 0 heterocycles. The van der Waals surface area contributed by atoms with E-state index < -0.39 is 29.2 Å². The second kappa shape index (κ2) is 6.71. The second-order valence-electron chi connectivity index (χ2n) is 4.59. The molecule has 3 N–H and O–H groups in total. The van der Waals surface area contributed by atoms with Crippen molar-refractivity contribution >= 4 is 23.2 Å². The number of benzene rings is 2. The van der Waals surface area contributed by atoms with Crippen LogP contribution in [-0.2, 0) is 0 Å². The fourth-order valence-electron chi connectivity index (χ4n) is 2.22. The van der Waals surface area contributed by atoms with E-state index in [4.69, 9.17) is 28.9 Å². The molecule has 0 spiro atoms. The number of nitrogens with two attached hydrogens (primary N) is 1. The standard InChI is InChI=1S/C15H13Cl2F2NO/c16-8-4-5-9(11(17)6-8)10(7-20)15(21)14-12(18)2-1-3-13(14)19/h1-6,10,15,21H,7,20H2. The zero-order valence-electron chi connectivity index (χ0n) is 10.9. The van der Waals surface area contributed by atoms with Crippen molar-refractivity contribution in [2.45, 2.75) is 12.0 Å². The Hall–Kier alpha value is -1.20. The summed E-state index contributed by atoms with van der Waals surface area (Å²) in [4.78, 5) is 0. The molecule has 0 saturated heterocycles. The third-order valence-electron chi connectivity index (χ3n) is 3.29. The molecule has 0 aliphatic rings. The molecule has 2 unspecified atom stereocenters. The first kappa shape index (κ1) is 16.2. The van der Waals surface area contributed by atoms with Crippen LogP contribution in [0.5, 0.6) is 0 Å². The normalized spacial score (nSPS) is 14.0. The van der Waals surface area contributed by atoms with Gasteiger partial charge >= 0.3 is 0 Å². The molecule has 0 fully saturated rings. The van der Waals surface area contributed by atoms with Crippen LogP contribution in [0.25, 0.3) is 0 Å². The van der Waals surface area contributed by atoms with Gasteiger partial charge in [0.2, 0.25) is 0 Å². The van der Waals surface area contributed by atoms with Crippen molar-refractivity contribution in [1.29, 1.82) is 0 Å². The molecule has 6 heteroatoms. The predicted molar refractivity (Wildman–Crippen MR) is 79.6 cm³/mol. The van der Waals surface area contributed by atoms with Crippen molar-refractivity contribution in [3.63, 3.8) is 0 Å². The zero-order chi connectivity index (χ0) is 15.6. The summed E-state index contributed by atoms with van der Waals surface area (Å²) in [5.74, 6) is -2.40. The lowest BCUT2D eigenvalue weighted by Gasteiger charge is -2.24. The first-order valence-electron chi connectivity index (χ1n) is 6.22. The van der Waals surface area contributed by atoms with E-state index in [1.165, 1.54) is 12.1 Å². The van der Waals surface area contributed by atoms with Gasteiger partial charge in [-0.3, -0.25) is 0 Å². The van der Waals surface area contributed by atoms with Crippen LogP contribution >= 0.6 is 23.2 Å². The highest BCUT2D eigenvalue weighted by Gasteiger charge is 2.28. The van der Waals surface area contributed by atoms with E-state index in [0.717, 1.165) is 12.1 Å². The first-order valence-corrected chi connectivity index (χ1v) is 6.98. The van der Waals surface area contributed by atoms with Crippen LogP contribution in [0, 0.1) is 11.6 Å². The molecule has 0 amide bonds. The molecule has 21 heavy (non-hydrogen) atoms. The summed E-state index contributed by atoms with van der Waals surface area (Å²) in [7, 11) is 0. The average Bonchev–Trinajstić information content (AvgIpc) is 2.41. The molecule has 2 nitrogen and oxygen atoms in total. The molecular formula is C15H13Cl2F2NO. The molecule has 2 rings (SSSR count). The summed E-state index contributed by atoms with van der Waals surface area (Å²) in [6.07, 6.45) is -1.45.